The van der Waals surface area contributed by atoms with Gasteiger partial charge in [-0.25, -0.2) is 9.59 Å². The quantitative estimate of drug-likeness (QED) is 0.562. The van der Waals surface area contributed by atoms with Crippen molar-refractivity contribution in [1.29, 1.82) is 0 Å². The molecule has 11 nitrogen and oxygen atoms in total. The number of carbonyl (C=O) groups excluding carboxylic acids is 2. The van der Waals surface area contributed by atoms with Crippen LogP contribution in [0.2, 0.25) is 0 Å². The Balaban J connectivity index is 1.69. The van der Waals surface area contributed by atoms with E-state index in [0.717, 1.165) is 5.56 Å². The fourth-order valence-electron chi connectivity index (χ4n) is 3.24. The van der Waals surface area contributed by atoms with Crippen molar-refractivity contribution in [2.45, 2.75) is 38.4 Å². The van der Waals surface area contributed by atoms with E-state index in [9.17, 15) is 19.2 Å². The highest BCUT2D eigenvalue weighted by Gasteiger charge is 2.39. The zero-order valence-electron chi connectivity index (χ0n) is 17.7. The highest BCUT2D eigenvalue weighted by molar-refractivity contribution is 5.77. The van der Waals surface area contributed by atoms with Gasteiger partial charge in [0, 0.05) is 18.2 Å². The molecule has 172 valence electrons. The Morgan fingerprint density at radius 2 is 2.00 bits per heavy atom. The topological polar surface area (TPSA) is 138 Å². The van der Waals surface area contributed by atoms with Gasteiger partial charge in [-0.2, -0.15) is 0 Å². The summed E-state index contributed by atoms with van der Waals surface area (Å²) in [5.41, 5.74) is 0.191. The highest BCUT2D eigenvalue weighted by Crippen LogP contribution is 2.30. The third-order valence-corrected chi connectivity index (χ3v) is 4.88. The van der Waals surface area contributed by atoms with Gasteiger partial charge in [-0.05, 0) is 12.5 Å². The number of methoxy groups -OCH3 is 1. The van der Waals surface area contributed by atoms with Crippen molar-refractivity contribution < 1.29 is 28.5 Å². The number of aromatic nitrogens is 2. The molecular weight excluding hydrogens is 422 g/mol. The Morgan fingerprint density at radius 3 is 2.72 bits per heavy atom. The molecule has 2 N–H and O–H groups in total. The van der Waals surface area contributed by atoms with Gasteiger partial charge in [0.1, 0.15) is 25.0 Å². The molecule has 2 heterocycles. The van der Waals surface area contributed by atoms with Crippen molar-refractivity contribution in [3.63, 3.8) is 0 Å². The van der Waals surface area contributed by atoms with Crippen LogP contribution in [0.25, 0.3) is 0 Å². The number of H-pyrrole nitrogens is 1. The lowest BCUT2D eigenvalue weighted by Gasteiger charge is -2.19. The summed E-state index contributed by atoms with van der Waals surface area (Å²) in [6.45, 7) is 1.61. The lowest BCUT2D eigenvalue weighted by Crippen LogP contribution is -2.36. The van der Waals surface area contributed by atoms with E-state index in [-0.39, 0.29) is 19.6 Å². The predicted octanol–water partition coefficient (Wildman–Crippen LogP) is 0.617. The number of ether oxygens (including phenoxy) is 4. The Labute approximate surface area is 183 Å². The minimum Gasteiger partial charge on any atom is -0.458 e. The second-order valence-electron chi connectivity index (χ2n) is 7.22. The van der Waals surface area contributed by atoms with Crippen molar-refractivity contribution in [2.24, 2.45) is 0 Å². The number of esters is 1. The molecule has 0 aliphatic carbocycles. The van der Waals surface area contributed by atoms with Crippen molar-refractivity contribution in [3.05, 3.63) is 68.5 Å². The van der Waals surface area contributed by atoms with Crippen LogP contribution in [-0.4, -0.2) is 54.1 Å². The van der Waals surface area contributed by atoms with Crippen LogP contribution in [0.4, 0.5) is 4.79 Å². The molecule has 11 heteroatoms. The molecule has 1 aliphatic heterocycles. The summed E-state index contributed by atoms with van der Waals surface area (Å²) in [5.74, 6) is -0.692. The minimum absolute atomic E-state index is 0.102. The second kappa shape index (κ2) is 10.7. The first-order chi connectivity index (χ1) is 15.4. The summed E-state index contributed by atoms with van der Waals surface area (Å²) in [6, 6.07) is 9.51. The molecule has 0 bridgehead atoms. The number of amides is 1. The van der Waals surface area contributed by atoms with Crippen LogP contribution in [-0.2, 0) is 30.3 Å². The van der Waals surface area contributed by atoms with E-state index in [1.807, 2.05) is 30.3 Å². The van der Waals surface area contributed by atoms with Crippen molar-refractivity contribution in [3.8, 4) is 0 Å². The summed E-state index contributed by atoms with van der Waals surface area (Å²) in [7, 11) is 1.18. The van der Waals surface area contributed by atoms with Gasteiger partial charge in [-0.15, -0.1) is 0 Å². The van der Waals surface area contributed by atoms with E-state index >= 15 is 0 Å². The molecule has 3 atom stereocenters. The van der Waals surface area contributed by atoms with Gasteiger partial charge in [0.15, 0.2) is 0 Å². The molecule has 1 fully saturated rings. The lowest BCUT2D eigenvalue weighted by atomic mass is 10.2. The molecule has 3 rings (SSSR count). The number of rotatable bonds is 8. The van der Waals surface area contributed by atoms with Crippen molar-refractivity contribution >= 4 is 12.1 Å². The fraction of sp³-hybridized carbons (Fsp3) is 0.429. The maximum atomic E-state index is 12.3. The van der Waals surface area contributed by atoms with Crippen LogP contribution in [0, 0.1) is 6.92 Å². The van der Waals surface area contributed by atoms with E-state index in [0.29, 0.717) is 12.2 Å². The predicted molar refractivity (Wildman–Crippen MR) is 111 cm³/mol. The molecule has 0 unspecified atom stereocenters. The Kier molecular flexibility index (Phi) is 7.79. The van der Waals surface area contributed by atoms with Gasteiger partial charge >= 0.3 is 17.8 Å². The first-order valence-electron chi connectivity index (χ1n) is 9.98. The number of hydrogen-bond acceptors (Lipinski definition) is 8. The molecule has 1 aliphatic rings. The van der Waals surface area contributed by atoms with Gasteiger partial charge in [0.05, 0.1) is 20.3 Å². The molecule has 0 spiro atoms. The highest BCUT2D eigenvalue weighted by atomic mass is 16.6. The zero-order chi connectivity index (χ0) is 23.1. The molecule has 1 saturated heterocycles. The molecule has 1 aromatic carbocycles. The smallest absolute Gasteiger partial charge is 0.407 e. The molecule has 0 saturated carbocycles. The molecule has 0 radical (unpaired) electrons. The van der Waals surface area contributed by atoms with Crippen molar-refractivity contribution in [2.75, 3.05) is 20.3 Å². The minimum atomic E-state index is -0.769. The van der Waals surface area contributed by atoms with Gasteiger partial charge in [0.25, 0.3) is 5.56 Å². The number of hydrogen-bond donors (Lipinski definition) is 2. The van der Waals surface area contributed by atoms with Crippen LogP contribution in [0.5, 0.6) is 0 Å². The largest absolute Gasteiger partial charge is 0.458 e. The van der Waals surface area contributed by atoms with Gasteiger partial charge in [0.2, 0.25) is 0 Å². The average molecular weight is 447 g/mol. The monoisotopic (exact) mass is 447 g/mol. The average Bonchev–Trinajstić information content (AvgIpc) is 3.17. The van der Waals surface area contributed by atoms with Crippen LogP contribution < -0.4 is 16.6 Å². The zero-order valence-corrected chi connectivity index (χ0v) is 17.7. The lowest BCUT2D eigenvalue weighted by molar-refractivity contribution is -0.153. The standard InChI is InChI=1S/C21H25N3O8/c1-13-10-24(20(27)23-19(13)26)17-8-15(32-18(25)9-22-21(28)29-2)16(31-17)12-30-11-14-6-4-3-5-7-14/h3-7,10,15-17H,8-9,11-12H2,1-2H3,(H,22,28)(H,23,26,27)/t15-,16+,17+/m0/s1. The Morgan fingerprint density at radius 1 is 1.25 bits per heavy atom. The van der Waals surface area contributed by atoms with Crippen LogP contribution in [0.3, 0.4) is 0 Å². The van der Waals surface area contributed by atoms with E-state index in [4.69, 9.17) is 14.2 Å². The molecule has 32 heavy (non-hydrogen) atoms. The normalized spacial score (nSPS) is 20.0. The number of alkyl carbamates (subject to hydrolysis) is 1. The molecule has 1 amide bonds. The summed E-state index contributed by atoms with van der Waals surface area (Å²) < 4.78 is 22.8. The number of nitrogens with zero attached hydrogens (tertiary/aromatic N) is 1. The SMILES string of the molecule is COC(=O)NCC(=O)O[C@H]1C[C@H](n2cc(C)c(=O)[nH]c2=O)O[C@@H]1COCc1ccccc1. The third kappa shape index (κ3) is 6.05. The Hall–Kier alpha value is -3.44. The van der Waals surface area contributed by atoms with E-state index in [2.05, 4.69) is 15.0 Å². The second-order valence-corrected chi connectivity index (χ2v) is 7.22. The van der Waals surface area contributed by atoms with Crippen molar-refractivity contribution in [1.82, 2.24) is 14.9 Å². The molecular formula is C21H25N3O8. The first kappa shape index (κ1) is 23.2. The van der Waals surface area contributed by atoms with E-state index < -0.39 is 41.7 Å². The third-order valence-electron chi connectivity index (χ3n) is 4.88. The molecule has 1 aromatic heterocycles. The number of carbonyl (C=O) groups is 2. The van der Waals surface area contributed by atoms with Crippen LogP contribution in [0.15, 0.2) is 46.1 Å². The Bertz CT molecular complexity index is 1050. The summed E-state index contributed by atoms with van der Waals surface area (Å²) >= 11 is 0. The van der Waals surface area contributed by atoms with Crippen LogP contribution >= 0.6 is 0 Å². The number of benzene rings is 1. The fourth-order valence-corrected chi connectivity index (χ4v) is 3.24. The number of nitrogens with one attached hydrogen (secondary N) is 2. The number of aryl methyl sites for hydroxylation is 1. The van der Waals surface area contributed by atoms with E-state index in [1.165, 1.54) is 17.9 Å². The molecule has 2 aromatic rings. The van der Waals surface area contributed by atoms with Gasteiger partial charge < -0.3 is 24.3 Å². The maximum absolute atomic E-state index is 12.3. The van der Waals surface area contributed by atoms with Gasteiger partial charge in [-0.3, -0.25) is 19.1 Å². The van der Waals surface area contributed by atoms with Crippen LogP contribution in [0.1, 0.15) is 23.8 Å². The van der Waals surface area contributed by atoms with Gasteiger partial charge in [-0.1, -0.05) is 30.3 Å². The summed E-state index contributed by atoms with van der Waals surface area (Å²) in [6.07, 6.45) is -1.37. The number of aromatic amines is 1. The maximum Gasteiger partial charge on any atom is 0.407 e. The summed E-state index contributed by atoms with van der Waals surface area (Å²) in [4.78, 5) is 49.5. The van der Waals surface area contributed by atoms with E-state index in [1.54, 1.807) is 6.92 Å². The summed E-state index contributed by atoms with van der Waals surface area (Å²) in [5, 5.41) is 2.25. The first-order valence-corrected chi connectivity index (χ1v) is 9.98.